The van der Waals surface area contributed by atoms with Gasteiger partial charge in [0.25, 0.3) is 0 Å². The molecule has 0 atom stereocenters. The molecular formula is C25H22BrFN4O3S2. The molecule has 1 fully saturated rings. The van der Waals surface area contributed by atoms with Crippen LogP contribution < -0.4 is 4.90 Å². The maximum Gasteiger partial charge on any atom is 0.243 e. The molecule has 7 nitrogen and oxygen atoms in total. The number of hydrogen-bond donors (Lipinski definition) is 0. The Labute approximate surface area is 220 Å². The van der Waals surface area contributed by atoms with Gasteiger partial charge < -0.3 is 0 Å². The molecule has 3 heterocycles. The van der Waals surface area contributed by atoms with Crippen molar-refractivity contribution in [3.8, 4) is 0 Å². The van der Waals surface area contributed by atoms with Crippen molar-refractivity contribution in [2.45, 2.75) is 24.3 Å². The van der Waals surface area contributed by atoms with E-state index < -0.39 is 15.8 Å². The molecule has 11 heteroatoms. The number of piperidine rings is 1. The van der Waals surface area contributed by atoms with E-state index in [1.165, 1.54) is 27.8 Å². The zero-order chi connectivity index (χ0) is 25.3. The Hall–Kier alpha value is -2.73. The lowest BCUT2D eigenvalue weighted by Gasteiger charge is -2.33. The predicted molar refractivity (Wildman–Crippen MR) is 141 cm³/mol. The summed E-state index contributed by atoms with van der Waals surface area (Å²) in [4.78, 5) is 24.4. The first-order valence-electron chi connectivity index (χ1n) is 11.3. The van der Waals surface area contributed by atoms with E-state index in [1.54, 1.807) is 17.3 Å². The summed E-state index contributed by atoms with van der Waals surface area (Å²) < 4.78 is 42.5. The van der Waals surface area contributed by atoms with Crippen LogP contribution in [0, 0.1) is 11.7 Å². The molecule has 1 amide bonds. The Morgan fingerprint density at radius 3 is 2.58 bits per heavy atom. The van der Waals surface area contributed by atoms with Gasteiger partial charge in [-0.25, -0.2) is 17.8 Å². The number of hydrogen-bond acceptors (Lipinski definition) is 6. The third kappa shape index (κ3) is 5.19. The lowest BCUT2D eigenvalue weighted by atomic mass is 9.96. The molecule has 0 bridgehead atoms. The molecule has 0 unspecified atom stereocenters. The molecule has 2 aromatic carbocycles. The summed E-state index contributed by atoms with van der Waals surface area (Å²) in [6.07, 6.45) is 4.18. The van der Waals surface area contributed by atoms with Crippen LogP contribution in [0.15, 0.2) is 76.4 Å². The van der Waals surface area contributed by atoms with Gasteiger partial charge in [-0.2, -0.15) is 4.31 Å². The molecule has 1 aliphatic rings. The van der Waals surface area contributed by atoms with E-state index in [1.807, 2.05) is 30.3 Å². The van der Waals surface area contributed by atoms with Crippen molar-refractivity contribution < 1.29 is 17.6 Å². The number of amides is 1. The molecule has 0 radical (unpaired) electrons. The summed E-state index contributed by atoms with van der Waals surface area (Å²) in [6.45, 7) is 0.745. The molecule has 2 aromatic heterocycles. The number of rotatable bonds is 6. The van der Waals surface area contributed by atoms with Crippen LogP contribution in [-0.2, 0) is 21.4 Å². The first-order valence-corrected chi connectivity index (χ1v) is 14.4. The van der Waals surface area contributed by atoms with E-state index in [4.69, 9.17) is 4.98 Å². The number of pyridine rings is 1. The van der Waals surface area contributed by atoms with Gasteiger partial charge in [0.1, 0.15) is 5.82 Å². The fourth-order valence-electron chi connectivity index (χ4n) is 4.23. The number of nitrogens with zero attached hydrogens (tertiary/aromatic N) is 4. The van der Waals surface area contributed by atoms with E-state index in [0.29, 0.717) is 24.5 Å². The number of thiazole rings is 1. The lowest BCUT2D eigenvalue weighted by molar-refractivity contribution is -0.123. The second-order valence-corrected chi connectivity index (χ2v) is 12.4. The maximum absolute atomic E-state index is 13.8. The third-order valence-corrected chi connectivity index (χ3v) is 9.60. The summed E-state index contributed by atoms with van der Waals surface area (Å²) >= 11 is 4.92. The minimum absolute atomic E-state index is 0.0486. The molecule has 5 rings (SSSR count). The largest absolute Gasteiger partial charge is 0.283 e. The number of anilines is 1. The average molecular weight is 590 g/mol. The molecular weight excluding hydrogens is 567 g/mol. The highest BCUT2D eigenvalue weighted by atomic mass is 79.9. The van der Waals surface area contributed by atoms with Gasteiger partial charge in [0.15, 0.2) is 5.13 Å². The van der Waals surface area contributed by atoms with E-state index >= 15 is 0 Å². The van der Waals surface area contributed by atoms with E-state index in [-0.39, 0.29) is 29.8 Å². The Kier molecular flexibility index (Phi) is 7.16. The SMILES string of the molecule is O=C(C1CCN(S(=O)(=O)c2ccc(F)cc2)CC1)N(Cc1cccnc1)c1nc2ccc(Br)cc2s1. The van der Waals surface area contributed by atoms with Crippen LogP contribution in [0.1, 0.15) is 18.4 Å². The zero-order valence-corrected chi connectivity index (χ0v) is 22.3. The number of carbonyl (C=O) groups is 1. The minimum atomic E-state index is -3.75. The Bertz CT molecular complexity index is 1490. The number of aromatic nitrogens is 2. The number of halogens is 2. The van der Waals surface area contributed by atoms with Gasteiger partial charge in [-0.05, 0) is 66.9 Å². The molecule has 0 spiro atoms. The van der Waals surface area contributed by atoms with E-state index in [2.05, 4.69) is 20.9 Å². The normalized spacial score (nSPS) is 15.3. The Balaban J connectivity index is 1.37. The van der Waals surface area contributed by atoms with Crippen molar-refractivity contribution in [1.82, 2.24) is 14.3 Å². The number of benzene rings is 2. The van der Waals surface area contributed by atoms with Crippen LogP contribution in [0.5, 0.6) is 0 Å². The summed E-state index contributed by atoms with van der Waals surface area (Å²) in [5, 5.41) is 0.596. The summed E-state index contributed by atoms with van der Waals surface area (Å²) in [5.41, 5.74) is 1.69. The highest BCUT2D eigenvalue weighted by molar-refractivity contribution is 9.10. The van der Waals surface area contributed by atoms with Crippen molar-refractivity contribution in [3.63, 3.8) is 0 Å². The maximum atomic E-state index is 13.8. The number of fused-ring (bicyclic) bond motifs is 1. The fourth-order valence-corrected chi connectivity index (χ4v) is 7.23. The van der Waals surface area contributed by atoms with Gasteiger partial charge in [-0.3, -0.25) is 14.7 Å². The molecule has 36 heavy (non-hydrogen) atoms. The monoisotopic (exact) mass is 588 g/mol. The predicted octanol–water partition coefficient (Wildman–Crippen LogP) is 5.23. The third-order valence-electron chi connectivity index (χ3n) is 6.15. The number of carbonyl (C=O) groups excluding carboxylic acids is 1. The summed E-state index contributed by atoms with van der Waals surface area (Å²) in [7, 11) is -3.75. The van der Waals surface area contributed by atoms with Crippen LogP contribution in [0.4, 0.5) is 9.52 Å². The van der Waals surface area contributed by atoms with E-state index in [0.717, 1.165) is 32.4 Å². The smallest absolute Gasteiger partial charge is 0.243 e. The van der Waals surface area contributed by atoms with Gasteiger partial charge >= 0.3 is 0 Å². The first kappa shape index (κ1) is 24.9. The summed E-state index contributed by atoms with van der Waals surface area (Å²) in [5.74, 6) is -0.926. The van der Waals surface area contributed by atoms with Crippen LogP contribution >= 0.6 is 27.3 Å². The lowest BCUT2D eigenvalue weighted by Crippen LogP contribution is -2.44. The Morgan fingerprint density at radius 2 is 1.89 bits per heavy atom. The van der Waals surface area contributed by atoms with E-state index in [9.17, 15) is 17.6 Å². The molecule has 0 aliphatic carbocycles. The van der Waals surface area contributed by atoms with Crippen molar-refractivity contribution in [3.05, 3.63) is 82.8 Å². The average Bonchev–Trinajstić information content (AvgIpc) is 3.31. The number of sulfonamides is 1. The van der Waals surface area contributed by atoms with Gasteiger partial charge in [0.05, 0.1) is 21.7 Å². The van der Waals surface area contributed by atoms with Crippen LogP contribution in [-0.4, -0.2) is 41.7 Å². The quantitative estimate of drug-likeness (QED) is 0.308. The van der Waals surface area contributed by atoms with Crippen LogP contribution in [0.25, 0.3) is 10.2 Å². The zero-order valence-electron chi connectivity index (χ0n) is 19.0. The van der Waals surface area contributed by atoms with Gasteiger partial charge in [0, 0.05) is 35.9 Å². The molecule has 1 aliphatic heterocycles. The Morgan fingerprint density at radius 1 is 1.14 bits per heavy atom. The van der Waals surface area contributed by atoms with Crippen LogP contribution in [0.2, 0.25) is 0 Å². The van der Waals surface area contributed by atoms with Gasteiger partial charge in [-0.1, -0.05) is 33.3 Å². The second kappa shape index (κ2) is 10.3. The first-order chi connectivity index (χ1) is 17.3. The van der Waals surface area contributed by atoms with Crippen LogP contribution in [0.3, 0.4) is 0 Å². The van der Waals surface area contributed by atoms with Crippen molar-refractivity contribution in [1.29, 1.82) is 0 Å². The van der Waals surface area contributed by atoms with Crippen molar-refractivity contribution >= 4 is 58.5 Å². The molecule has 4 aromatic rings. The molecule has 0 N–H and O–H groups in total. The standard InChI is InChI=1S/C25H22BrFN4O3S2/c26-19-3-8-22-23(14-19)35-25(29-22)31(16-17-2-1-11-28-15-17)24(32)18-9-12-30(13-10-18)36(33,34)21-6-4-20(27)5-7-21/h1-8,11,14-15,18H,9-10,12-13,16H2. The highest BCUT2D eigenvalue weighted by Crippen LogP contribution is 2.34. The van der Waals surface area contributed by atoms with Gasteiger partial charge in [-0.15, -0.1) is 0 Å². The molecule has 1 saturated heterocycles. The highest BCUT2D eigenvalue weighted by Gasteiger charge is 2.35. The topological polar surface area (TPSA) is 83.5 Å². The summed E-state index contributed by atoms with van der Waals surface area (Å²) in [6, 6.07) is 14.3. The second-order valence-electron chi connectivity index (χ2n) is 8.53. The minimum Gasteiger partial charge on any atom is -0.283 e. The van der Waals surface area contributed by atoms with Crippen molar-refractivity contribution in [2.24, 2.45) is 5.92 Å². The molecule has 0 saturated carbocycles. The fraction of sp³-hybridized carbons (Fsp3) is 0.240. The van der Waals surface area contributed by atoms with Gasteiger partial charge in [0.2, 0.25) is 15.9 Å². The van der Waals surface area contributed by atoms with Crippen molar-refractivity contribution in [2.75, 3.05) is 18.0 Å². The molecule has 186 valence electrons.